The number of carboxylic acid groups (broad SMARTS) is 1. The summed E-state index contributed by atoms with van der Waals surface area (Å²) in [5.41, 5.74) is 2.40. The maximum atomic E-state index is 11.4. The highest BCUT2D eigenvalue weighted by Crippen LogP contribution is 2.13. The molecule has 0 aliphatic carbocycles. The molecule has 0 aliphatic heterocycles. The maximum Gasteiger partial charge on any atom is 0.408 e. The van der Waals surface area contributed by atoms with Gasteiger partial charge in [-0.1, -0.05) is 0 Å². The molecule has 0 saturated heterocycles. The van der Waals surface area contributed by atoms with Crippen molar-refractivity contribution in [1.82, 2.24) is 5.32 Å². The first-order valence-corrected chi connectivity index (χ1v) is 4.99. The van der Waals surface area contributed by atoms with Gasteiger partial charge in [0.15, 0.2) is 0 Å². The van der Waals surface area contributed by atoms with Crippen molar-refractivity contribution < 1.29 is 24.2 Å². The van der Waals surface area contributed by atoms with Gasteiger partial charge in [0, 0.05) is 0 Å². The number of hydrogen-bond acceptors (Lipinski definition) is 4. The van der Waals surface area contributed by atoms with Crippen molar-refractivity contribution in [2.45, 2.75) is 45.3 Å². The molecule has 4 N–H and O–H groups in total. The molecule has 0 radical (unpaired) electrons. The Labute approximate surface area is 99.3 Å². The number of nitrogens with two attached hydrogens (primary N) is 1. The molecule has 0 spiro atoms. The SMILES string of the molecule is CC(C)(C)OC(=O)N[C@](C)(CC(N)=O)C(=O)O. The van der Waals surface area contributed by atoms with Gasteiger partial charge < -0.3 is 20.9 Å². The molecule has 7 nitrogen and oxygen atoms in total. The van der Waals surface area contributed by atoms with Crippen LogP contribution >= 0.6 is 0 Å². The summed E-state index contributed by atoms with van der Waals surface area (Å²) in [6, 6.07) is 0. The van der Waals surface area contributed by atoms with Crippen molar-refractivity contribution in [3.05, 3.63) is 0 Å². The Morgan fingerprint density at radius 2 is 1.71 bits per heavy atom. The quantitative estimate of drug-likeness (QED) is 0.656. The molecule has 1 atom stereocenters. The van der Waals surface area contributed by atoms with Gasteiger partial charge in [-0.05, 0) is 27.7 Å². The van der Waals surface area contributed by atoms with Crippen LogP contribution in [-0.2, 0) is 14.3 Å². The number of alkyl carbamates (subject to hydrolysis) is 1. The van der Waals surface area contributed by atoms with E-state index in [9.17, 15) is 14.4 Å². The van der Waals surface area contributed by atoms with E-state index in [-0.39, 0.29) is 0 Å². The summed E-state index contributed by atoms with van der Waals surface area (Å²) in [7, 11) is 0. The minimum atomic E-state index is -1.77. The van der Waals surface area contributed by atoms with Crippen LogP contribution in [0.4, 0.5) is 4.79 Å². The molecule has 17 heavy (non-hydrogen) atoms. The van der Waals surface area contributed by atoms with Crippen LogP contribution in [0.3, 0.4) is 0 Å². The molecule has 0 aliphatic rings. The first-order valence-electron chi connectivity index (χ1n) is 4.99. The van der Waals surface area contributed by atoms with E-state index in [1.54, 1.807) is 20.8 Å². The van der Waals surface area contributed by atoms with E-state index < -0.39 is 35.5 Å². The summed E-state index contributed by atoms with van der Waals surface area (Å²) in [6.45, 7) is 6.10. The Balaban J connectivity index is 4.72. The third kappa shape index (κ3) is 5.74. The third-order valence-corrected chi connectivity index (χ3v) is 1.78. The lowest BCUT2D eigenvalue weighted by Crippen LogP contribution is -2.55. The fourth-order valence-electron chi connectivity index (χ4n) is 1.05. The fourth-order valence-corrected chi connectivity index (χ4v) is 1.05. The Morgan fingerprint density at radius 3 is 2.00 bits per heavy atom. The van der Waals surface area contributed by atoms with Crippen LogP contribution in [0, 0.1) is 0 Å². The van der Waals surface area contributed by atoms with E-state index in [0.29, 0.717) is 0 Å². The highest BCUT2D eigenvalue weighted by molar-refractivity contribution is 5.90. The van der Waals surface area contributed by atoms with E-state index >= 15 is 0 Å². The molecule has 0 aromatic rings. The van der Waals surface area contributed by atoms with Crippen LogP contribution in [0.2, 0.25) is 0 Å². The standard InChI is InChI=1S/C10H18N2O5/c1-9(2,3)17-8(16)12-10(4,7(14)15)5-6(11)13/h5H2,1-4H3,(H2,11,13)(H,12,16)(H,14,15)/t10-/m1/s1. The molecular weight excluding hydrogens is 228 g/mol. The average Bonchev–Trinajstić information content (AvgIpc) is 1.96. The van der Waals surface area contributed by atoms with Gasteiger partial charge in [0.25, 0.3) is 0 Å². The van der Waals surface area contributed by atoms with Crippen molar-refractivity contribution in [2.24, 2.45) is 5.73 Å². The lowest BCUT2D eigenvalue weighted by Gasteiger charge is -2.27. The van der Waals surface area contributed by atoms with Gasteiger partial charge in [-0.3, -0.25) is 4.79 Å². The van der Waals surface area contributed by atoms with Gasteiger partial charge in [0.1, 0.15) is 11.1 Å². The zero-order chi connectivity index (χ0) is 13.9. The zero-order valence-corrected chi connectivity index (χ0v) is 10.4. The predicted octanol–water partition coefficient (Wildman–Crippen LogP) is 0.230. The molecule has 0 rings (SSSR count). The highest BCUT2D eigenvalue weighted by Gasteiger charge is 2.38. The van der Waals surface area contributed by atoms with E-state index in [1.807, 2.05) is 0 Å². The molecular formula is C10H18N2O5. The van der Waals surface area contributed by atoms with Gasteiger partial charge in [-0.25, -0.2) is 9.59 Å². The molecule has 7 heteroatoms. The molecule has 0 heterocycles. The number of aliphatic carboxylic acids is 1. The number of amides is 2. The summed E-state index contributed by atoms with van der Waals surface area (Å²) in [5.74, 6) is -2.19. The third-order valence-electron chi connectivity index (χ3n) is 1.78. The number of hydrogen-bond donors (Lipinski definition) is 3. The van der Waals surface area contributed by atoms with Crippen molar-refractivity contribution >= 4 is 18.0 Å². The van der Waals surface area contributed by atoms with Crippen molar-refractivity contribution in [1.29, 1.82) is 0 Å². The molecule has 0 aromatic heterocycles. The molecule has 2 amide bonds. The van der Waals surface area contributed by atoms with Crippen molar-refractivity contribution in [2.75, 3.05) is 0 Å². The van der Waals surface area contributed by atoms with Crippen molar-refractivity contribution in [3.8, 4) is 0 Å². The number of carbonyl (C=O) groups is 3. The highest BCUT2D eigenvalue weighted by atomic mass is 16.6. The number of carboxylic acids is 1. The number of carbonyl (C=O) groups excluding carboxylic acids is 2. The maximum absolute atomic E-state index is 11.4. The zero-order valence-electron chi connectivity index (χ0n) is 10.4. The number of rotatable bonds is 4. The van der Waals surface area contributed by atoms with Gasteiger partial charge >= 0.3 is 12.1 Å². The lowest BCUT2D eigenvalue weighted by atomic mass is 9.98. The largest absolute Gasteiger partial charge is 0.479 e. The second-order valence-corrected chi connectivity index (χ2v) is 4.91. The first-order chi connectivity index (χ1) is 7.46. The average molecular weight is 246 g/mol. The van der Waals surface area contributed by atoms with E-state index in [4.69, 9.17) is 15.6 Å². The van der Waals surface area contributed by atoms with Crippen molar-refractivity contribution in [3.63, 3.8) is 0 Å². The second kappa shape index (κ2) is 5.03. The van der Waals surface area contributed by atoms with Crippen LogP contribution in [0.5, 0.6) is 0 Å². The monoisotopic (exact) mass is 246 g/mol. The Bertz CT molecular complexity index is 334. The summed E-state index contributed by atoms with van der Waals surface area (Å²) >= 11 is 0. The van der Waals surface area contributed by atoms with Gasteiger partial charge in [0.2, 0.25) is 5.91 Å². The second-order valence-electron chi connectivity index (χ2n) is 4.91. The summed E-state index contributed by atoms with van der Waals surface area (Å²) in [5, 5.41) is 11.1. The fraction of sp³-hybridized carbons (Fsp3) is 0.700. The van der Waals surface area contributed by atoms with Gasteiger partial charge in [-0.15, -0.1) is 0 Å². The van der Waals surface area contributed by atoms with Gasteiger partial charge in [-0.2, -0.15) is 0 Å². The first kappa shape index (κ1) is 15.2. The summed E-state index contributed by atoms with van der Waals surface area (Å²) < 4.78 is 4.90. The molecule has 0 saturated carbocycles. The van der Waals surface area contributed by atoms with Crippen LogP contribution in [0.25, 0.3) is 0 Å². The molecule has 0 aromatic carbocycles. The van der Waals surface area contributed by atoms with Crippen LogP contribution in [0.15, 0.2) is 0 Å². The Kier molecular flexibility index (Phi) is 4.50. The topological polar surface area (TPSA) is 119 Å². The van der Waals surface area contributed by atoms with Gasteiger partial charge in [0.05, 0.1) is 6.42 Å². The molecule has 0 unspecified atom stereocenters. The van der Waals surface area contributed by atoms with Crippen LogP contribution in [0.1, 0.15) is 34.1 Å². The smallest absolute Gasteiger partial charge is 0.408 e. The summed E-state index contributed by atoms with van der Waals surface area (Å²) in [4.78, 5) is 33.1. The number of ether oxygens (including phenoxy) is 1. The normalized spacial score (nSPS) is 14.6. The minimum Gasteiger partial charge on any atom is -0.479 e. The van der Waals surface area contributed by atoms with Crippen LogP contribution < -0.4 is 11.1 Å². The molecule has 98 valence electrons. The van der Waals surface area contributed by atoms with E-state index in [0.717, 1.165) is 0 Å². The predicted molar refractivity (Wildman–Crippen MR) is 59.2 cm³/mol. The number of nitrogens with one attached hydrogen (secondary N) is 1. The van der Waals surface area contributed by atoms with Crippen LogP contribution in [-0.4, -0.2) is 34.2 Å². The number of primary amides is 1. The minimum absolute atomic E-state index is 0.512. The van der Waals surface area contributed by atoms with E-state index in [2.05, 4.69) is 5.32 Å². The Hall–Kier alpha value is -1.79. The molecule has 0 fully saturated rings. The lowest BCUT2D eigenvalue weighted by molar-refractivity contribution is -0.146. The van der Waals surface area contributed by atoms with E-state index in [1.165, 1.54) is 6.92 Å². The molecule has 0 bridgehead atoms. The summed E-state index contributed by atoms with van der Waals surface area (Å²) in [6.07, 6.45) is -1.43. The Morgan fingerprint density at radius 1 is 1.24 bits per heavy atom.